The van der Waals surface area contributed by atoms with Crippen molar-refractivity contribution < 1.29 is 23.5 Å². The van der Waals surface area contributed by atoms with Gasteiger partial charge in [0.2, 0.25) is 5.91 Å². The lowest BCUT2D eigenvalue weighted by atomic mass is 10.2. The summed E-state index contributed by atoms with van der Waals surface area (Å²) >= 11 is 1.11. The van der Waals surface area contributed by atoms with Crippen molar-refractivity contribution in [2.24, 2.45) is 4.99 Å². The molecule has 1 N–H and O–H groups in total. The summed E-state index contributed by atoms with van der Waals surface area (Å²) in [6.45, 7) is 1.78. The molecule has 0 radical (unpaired) electrons. The minimum atomic E-state index is -0.547. The lowest BCUT2D eigenvalue weighted by Gasteiger charge is -2.27. The molecule has 1 aromatic rings. The van der Waals surface area contributed by atoms with Crippen LogP contribution in [0.3, 0.4) is 0 Å². The number of amides is 3. The topological polar surface area (TPSA) is 91.3 Å². The minimum Gasteiger partial charge on any atom is -0.409 e. The molecule has 1 aromatic carbocycles. The maximum absolute atomic E-state index is 13.7. The molecule has 3 heterocycles. The predicted molar refractivity (Wildman–Crippen MR) is 105 cm³/mol. The zero-order chi connectivity index (χ0) is 20.4. The lowest BCUT2D eigenvalue weighted by molar-refractivity contribution is -0.126. The van der Waals surface area contributed by atoms with E-state index in [0.29, 0.717) is 48.1 Å². The molecule has 10 heteroatoms. The maximum Gasteiger partial charge on any atom is 0.415 e. The first-order chi connectivity index (χ1) is 14.0. The Morgan fingerprint density at radius 3 is 2.76 bits per heavy atom. The number of likely N-dealkylation sites (tertiary alicyclic amines) is 1. The summed E-state index contributed by atoms with van der Waals surface area (Å²) in [6.07, 6.45) is 3.91. The highest BCUT2D eigenvalue weighted by Crippen LogP contribution is 2.33. The van der Waals surface area contributed by atoms with E-state index in [0.717, 1.165) is 30.7 Å². The van der Waals surface area contributed by atoms with E-state index in [-0.39, 0.29) is 11.7 Å². The molecule has 29 heavy (non-hydrogen) atoms. The van der Waals surface area contributed by atoms with Crippen LogP contribution in [0.5, 0.6) is 5.75 Å². The largest absolute Gasteiger partial charge is 0.415 e. The van der Waals surface area contributed by atoms with Gasteiger partial charge in [-0.25, -0.2) is 9.18 Å². The summed E-state index contributed by atoms with van der Waals surface area (Å²) in [7, 11) is 0. The number of thioether (sulfide) groups is 1. The molecule has 0 aromatic heterocycles. The van der Waals surface area contributed by atoms with Gasteiger partial charge in [-0.05, 0) is 49.2 Å². The van der Waals surface area contributed by atoms with Gasteiger partial charge >= 0.3 is 6.09 Å². The van der Waals surface area contributed by atoms with Crippen LogP contribution in [-0.2, 0) is 9.59 Å². The van der Waals surface area contributed by atoms with Crippen LogP contribution in [0.2, 0.25) is 0 Å². The normalized spacial score (nSPS) is 20.9. The van der Waals surface area contributed by atoms with Crippen LogP contribution in [-0.4, -0.2) is 52.6 Å². The van der Waals surface area contributed by atoms with E-state index < -0.39 is 17.8 Å². The van der Waals surface area contributed by atoms with E-state index in [1.54, 1.807) is 9.91 Å². The number of nitrogens with zero attached hydrogens (tertiary/aromatic N) is 3. The van der Waals surface area contributed by atoms with E-state index in [9.17, 15) is 18.8 Å². The second kappa shape index (κ2) is 8.24. The van der Waals surface area contributed by atoms with Crippen LogP contribution < -0.4 is 10.2 Å². The number of carbonyl (C=O) groups excluding carboxylic acids is 3. The molecule has 0 bridgehead atoms. The van der Waals surface area contributed by atoms with Crippen molar-refractivity contribution in [2.75, 3.05) is 19.6 Å². The highest BCUT2D eigenvalue weighted by atomic mass is 32.2. The molecule has 152 valence electrons. The van der Waals surface area contributed by atoms with Gasteiger partial charge < -0.3 is 9.64 Å². The van der Waals surface area contributed by atoms with Crippen LogP contribution in [0, 0.1) is 5.82 Å². The van der Waals surface area contributed by atoms with Crippen LogP contribution in [0.25, 0.3) is 6.08 Å². The van der Waals surface area contributed by atoms with Gasteiger partial charge in [-0.1, -0.05) is 0 Å². The minimum absolute atomic E-state index is 0.0440. The van der Waals surface area contributed by atoms with Crippen molar-refractivity contribution in [2.45, 2.75) is 25.7 Å². The molecule has 3 aliphatic heterocycles. The third kappa shape index (κ3) is 4.42. The number of rotatable bonds is 2. The Morgan fingerprint density at radius 2 is 2.00 bits per heavy atom. The Labute approximate surface area is 170 Å². The van der Waals surface area contributed by atoms with Crippen molar-refractivity contribution in [3.63, 3.8) is 0 Å². The first kappa shape index (κ1) is 19.4. The van der Waals surface area contributed by atoms with Gasteiger partial charge in [0.1, 0.15) is 11.6 Å². The molecule has 8 nitrogen and oxygen atoms in total. The molecule has 3 amide bonds. The predicted octanol–water partition coefficient (Wildman–Crippen LogP) is 2.52. The smallest absolute Gasteiger partial charge is 0.409 e. The van der Waals surface area contributed by atoms with Crippen LogP contribution in [0.1, 0.15) is 31.2 Å². The number of nitrogens with one attached hydrogen (secondary N) is 1. The second-order valence-electron chi connectivity index (χ2n) is 6.84. The van der Waals surface area contributed by atoms with E-state index in [2.05, 4.69) is 10.4 Å². The summed E-state index contributed by atoms with van der Waals surface area (Å²) in [5, 5.41) is 1.93. The number of benzene rings is 1. The third-order valence-electron chi connectivity index (χ3n) is 4.71. The first-order valence-electron chi connectivity index (χ1n) is 9.35. The van der Waals surface area contributed by atoms with E-state index in [4.69, 9.17) is 4.74 Å². The molecule has 0 aliphatic carbocycles. The molecule has 2 fully saturated rings. The Hall–Kier alpha value is -2.88. The zero-order valence-corrected chi connectivity index (χ0v) is 16.3. The van der Waals surface area contributed by atoms with Gasteiger partial charge in [-0.15, -0.1) is 0 Å². The maximum atomic E-state index is 13.7. The number of carbonyl (C=O) groups is 3. The van der Waals surface area contributed by atoms with Crippen molar-refractivity contribution in [3.05, 3.63) is 34.5 Å². The van der Waals surface area contributed by atoms with Crippen LogP contribution >= 0.6 is 11.8 Å². The Morgan fingerprint density at radius 1 is 1.21 bits per heavy atom. The first-order valence-corrected chi connectivity index (χ1v) is 10.2. The van der Waals surface area contributed by atoms with Gasteiger partial charge in [-0.2, -0.15) is 4.99 Å². The van der Waals surface area contributed by atoms with Crippen molar-refractivity contribution in [1.29, 1.82) is 0 Å². The van der Waals surface area contributed by atoms with E-state index in [1.165, 1.54) is 18.2 Å². The number of hydrazine groups is 1. The fourth-order valence-corrected chi connectivity index (χ4v) is 4.12. The fraction of sp³-hybridized carbons (Fsp3) is 0.368. The highest BCUT2D eigenvalue weighted by molar-refractivity contribution is 8.18. The second-order valence-corrected chi connectivity index (χ2v) is 7.85. The molecular formula is C19H19FN4O4S. The Kier molecular flexibility index (Phi) is 5.52. The van der Waals surface area contributed by atoms with Crippen molar-refractivity contribution in [1.82, 2.24) is 15.3 Å². The SMILES string of the molecule is O=C1CCCN(C2=NC(=O)C(=Cc3ccc(F)cc3OC(=O)N3CCCC3)S2)N1. The number of ether oxygens (including phenoxy) is 1. The Bertz CT molecular complexity index is 927. The number of halogens is 1. The standard InChI is InChI=1S/C19H19FN4O4S/c20-13-6-5-12(14(11-13)28-19(27)23-7-1-2-8-23)10-15-17(26)21-18(29-15)24-9-3-4-16(25)22-24/h5-6,10-11H,1-4,7-9H2,(H,22,25). The quantitative estimate of drug-likeness (QED) is 0.742. The molecule has 0 spiro atoms. The number of hydrogen-bond acceptors (Lipinski definition) is 6. The molecule has 4 rings (SSSR count). The molecular weight excluding hydrogens is 399 g/mol. The molecule has 3 aliphatic rings. The molecule has 0 unspecified atom stereocenters. The molecule has 0 saturated carbocycles. The number of amidine groups is 1. The summed E-state index contributed by atoms with van der Waals surface area (Å²) in [4.78, 5) is 42.0. The Balaban J connectivity index is 1.52. The highest BCUT2D eigenvalue weighted by Gasteiger charge is 2.29. The van der Waals surface area contributed by atoms with Gasteiger partial charge in [0.05, 0.1) is 4.91 Å². The molecule has 0 atom stereocenters. The molecule has 2 saturated heterocycles. The average Bonchev–Trinajstić information content (AvgIpc) is 3.34. The summed E-state index contributed by atoms with van der Waals surface area (Å²) < 4.78 is 19.1. The average molecular weight is 418 g/mol. The zero-order valence-electron chi connectivity index (χ0n) is 15.5. The number of aliphatic imine (C=N–C) groups is 1. The van der Waals surface area contributed by atoms with Gasteiger partial charge in [0.15, 0.2) is 5.17 Å². The fourth-order valence-electron chi connectivity index (χ4n) is 3.23. The monoisotopic (exact) mass is 418 g/mol. The summed E-state index contributed by atoms with van der Waals surface area (Å²) in [5.41, 5.74) is 3.08. The van der Waals surface area contributed by atoms with E-state index in [1.807, 2.05) is 0 Å². The van der Waals surface area contributed by atoms with Gasteiger partial charge in [0, 0.05) is 37.7 Å². The third-order valence-corrected chi connectivity index (χ3v) is 5.72. The van der Waals surface area contributed by atoms with Gasteiger partial charge in [-0.3, -0.25) is 20.0 Å². The van der Waals surface area contributed by atoms with Crippen molar-refractivity contribution in [3.8, 4) is 5.75 Å². The van der Waals surface area contributed by atoms with Gasteiger partial charge in [0.25, 0.3) is 5.91 Å². The van der Waals surface area contributed by atoms with Crippen LogP contribution in [0.4, 0.5) is 9.18 Å². The number of hydrogen-bond donors (Lipinski definition) is 1. The summed E-state index contributed by atoms with van der Waals surface area (Å²) in [5.74, 6) is -1.10. The lowest BCUT2D eigenvalue weighted by Crippen LogP contribution is -2.48. The van der Waals surface area contributed by atoms with Crippen LogP contribution in [0.15, 0.2) is 28.1 Å². The summed E-state index contributed by atoms with van der Waals surface area (Å²) in [6, 6.07) is 3.80. The van der Waals surface area contributed by atoms with Crippen molar-refractivity contribution >= 4 is 40.9 Å². The van der Waals surface area contributed by atoms with E-state index >= 15 is 0 Å².